The third-order valence-electron chi connectivity index (χ3n) is 2.41. The fraction of sp³-hybridized carbons (Fsp3) is 0.667. The summed E-state index contributed by atoms with van der Waals surface area (Å²) >= 11 is 0. The number of nitrogens with two attached hydrogens (primary N) is 1. The van der Waals surface area contributed by atoms with E-state index in [0.717, 1.165) is 18.7 Å². The van der Waals surface area contributed by atoms with Gasteiger partial charge in [-0.25, -0.2) is 4.98 Å². The zero-order chi connectivity index (χ0) is 10.8. The number of nitrogens with one attached hydrogen (secondary N) is 1. The molecule has 1 saturated heterocycles. The summed E-state index contributed by atoms with van der Waals surface area (Å²) in [6.45, 7) is 3.27. The Morgan fingerprint density at radius 2 is 2.40 bits per heavy atom. The zero-order valence-electron chi connectivity index (χ0n) is 8.73. The third-order valence-corrected chi connectivity index (χ3v) is 2.41. The number of rotatable bonds is 3. The van der Waals surface area contributed by atoms with Crippen LogP contribution in [0.5, 0.6) is 0 Å². The predicted molar refractivity (Wildman–Crippen MR) is 54.3 cm³/mol. The van der Waals surface area contributed by atoms with Crippen molar-refractivity contribution in [3.05, 3.63) is 11.6 Å². The average molecular weight is 209 g/mol. The minimum atomic E-state index is -0.129. The Hall–Kier alpha value is -1.43. The third kappa shape index (κ3) is 1.99. The largest absolute Gasteiger partial charge is 0.333 e. The highest BCUT2D eigenvalue weighted by molar-refractivity contribution is 5.91. The number of carbonyl (C=O) groups is 1. The van der Waals surface area contributed by atoms with E-state index in [4.69, 9.17) is 5.73 Å². The number of aromatic nitrogens is 3. The number of nitrogens with zero attached hydrogens (tertiary/aromatic N) is 3. The molecule has 0 unspecified atom stereocenters. The Morgan fingerprint density at radius 3 is 3.00 bits per heavy atom. The number of likely N-dealkylation sites (tertiary alicyclic amines) is 1. The van der Waals surface area contributed by atoms with Crippen molar-refractivity contribution in [3.63, 3.8) is 0 Å². The average Bonchev–Trinajstić information content (AvgIpc) is 2.61. The lowest BCUT2D eigenvalue weighted by atomic mass is 10.1. The highest BCUT2D eigenvalue weighted by Crippen LogP contribution is 2.09. The maximum absolute atomic E-state index is 11.7. The van der Waals surface area contributed by atoms with Gasteiger partial charge >= 0.3 is 0 Å². The van der Waals surface area contributed by atoms with Crippen LogP contribution in [0.3, 0.4) is 0 Å². The van der Waals surface area contributed by atoms with Crippen LogP contribution in [0, 0.1) is 0 Å². The van der Waals surface area contributed by atoms with Crippen molar-refractivity contribution >= 4 is 5.91 Å². The van der Waals surface area contributed by atoms with Crippen molar-refractivity contribution in [3.8, 4) is 0 Å². The molecule has 2 heterocycles. The van der Waals surface area contributed by atoms with Gasteiger partial charge in [-0.15, -0.1) is 5.10 Å². The molecule has 1 aromatic rings. The number of aryl methyl sites for hydroxylation is 1. The van der Waals surface area contributed by atoms with Gasteiger partial charge in [0.05, 0.1) is 0 Å². The van der Waals surface area contributed by atoms with E-state index in [1.54, 1.807) is 4.90 Å². The van der Waals surface area contributed by atoms with Gasteiger partial charge in [-0.05, 0) is 6.42 Å². The summed E-state index contributed by atoms with van der Waals surface area (Å²) in [6, 6.07) is 0.114. The lowest BCUT2D eigenvalue weighted by Gasteiger charge is -2.35. The molecule has 6 heteroatoms. The Kier molecular flexibility index (Phi) is 2.68. The Morgan fingerprint density at radius 1 is 1.67 bits per heavy atom. The first-order valence-corrected chi connectivity index (χ1v) is 5.17. The number of H-pyrrole nitrogens is 1. The van der Waals surface area contributed by atoms with Gasteiger partial charge in [-0.2, -0.15) is 0 Å². The highest BCUT2D eigenvalue weighted by atomic mass is 16.2. The van der Waals surface area contributed by atoms with Crippen molar-refractivity contribution < 1.29 is 4.79 Å². The maximum atomic E-state index is 11.7. The molecule has 0 radical (unpaired) electrons. The van der Waals surface area contributed by atoms with E-state index < -0.39 is 0 Å². The monoisotopic (exact) mass is 209 g/mol. The minimum absolute atomic E-state index is 0.114. The van der Waals surface area contributed by atoms with Crippen LogP contribution in [0.15, 0.2) is 0 Å². The van der Waals surface area contributed by atoms with Crippen molar-refractivity contribution in [1.82, 2.24) is 20.1 Å². The second-order valence-electron chi connectivity index (χ2n) is 3.83. The van der Waals surface area contributed by atoms with E-state index in [-0.39, 0.29) is 17.8 Å². The van der Waals surface area contributed by atoms with Gasteiger partial charge in [0.2, 0.25) is 5.82 Å². The molecular formula is C9H15N5O. The standard InChI is InChI=1S/C9H15N5O/c1-2-3-7-11-8(13-12-7)9(15)14-4-6(10)5-14/h6H,2-5,10H2,1H3,(H,11,12,13). The van der Waals surface area contributed by atoms with E-state index in [1.165, 1.54) is 0 Å². The maximum Gasteiger partial charge on any atom is 0.293 e. The molecule has 2 rings (SSSR count). The smallest absolute Gasteiger partial charge is 0.293 e. The van der Waals surface area contributed by atoms with Gasteiger partial charge in [0.15, 0.2) is 0 Å². The fourth-order valence-corrected chi connectivity index (χ4v) is 1.56. The molecule has 15 heavy (non-hydrogen) atoms. The number of amides is 1. The van der Waals surface area contributed by atoms with E-state index in [0.29, 0.717) is 13.1 Å². The summed E-state index contributed by atoms with van der Waals surface area (Å²) in [5.74, 6) is 0.895. The van der Waals surface area contributed by atoms with Crippen molar-refractivity contribution in [2.75, 3.05) is 13.1 Å². The summed E-state index contributed by atoms with van der Waals surface area (Å²) in [4.78, 5) is 17.5. The molecule has 0 spiro atoms. The first-order valence-electron chi connectivity index (χ1n) is 5.17. The van der Waals surface area contributed by atoms with Crippen LogP contribution in [0.25, 0.3) is 0 Å². The van der Waals surface area contributed by atoms with Crippen LogP contribution in [-0.4, -0.2) is 45.1 Å². The quantitative estimate of drug-likeness (QED) is 0.705. The van der Waals surface area contributed by atoms with E-state index >= 15 is 0 Å². The second-order valence-corrected chi connectivity index (χ2v) is 3.83. The molecule has 1 fully saturated rings. The molecule has 82 valence electrons. The van der Waals surface area contributed by atoms with Gasteiger partial charge in [0.25, 0.3) is 5.91 Å². The van der Waals surface area contributed by atoms with Crippen LogP contribution >= 0.6 is 0 Å². The van der Waals surface area contributed by atoms with E-state index in [1.807, 2.05) is 0 Å². The molecule has 1 aliphatic heterocycles. The molecule has 1 amide bonds. The number of carbonyl (C=O) groups excluding carboxylic acids is 1. The molecule has 0 atom stereocenters. The highest BCUT2D eigenvalue weighted by Gasteiger charge is 2.30. The normalized spacial score (nSPS) is 16.5. The summed E-state index contributed by atoms with van der Waals surface area (Å²) in [5.41, 5.74) is 5.60. The van der Waals surface area contributed by atoms with Crippen LogP contribution < -0.4 is 5.73 Å². The van der Waals surface area contributed by atoms with Crippen LogP contribution in [0.1, 0.15) is 29.8 Å². The van der Waals surface area contributed by atoms with Gasteiger partial charge in [-0.1, -0.05) is 6.92 Å². The molecule has 0 saturated carbocycles. The first-order chi connectivity index (χ1) is 7.20. The first kappa shape index (κ1) is 10.1. The van der Waals surface area contributed by atoms with E-state index in [2.05, 4.69) is 22.1 Å². The summed E-state index contributed by atoms with van der Waals surface area (Å²) in [5, 5.41) is 6.66. The van der Waals surface area contributed by atoms with Crippen LogP contribution in [0.4, 0.5) is 0 Å². The molecule has 0 bridgehead atoms. The lowest BCUT2D eigenvalue weighted by molar-refractivity contribution is 0.0595. The lowest BCUT2D eigenvalue weighted by Crippen LogP contribution is -2.58. The van der Waals surface area contributed by atoms with Gasteiger partial charge in [0.1, 0.15) is 5.82 Å². The zero-order valence-corrected chi connectivity index (χ0v) is 8.73. The van der Waals surface area contributed by atoms with E-state index in [9.17, 15) is 4.79 Å². The van der Waals surface area contributed by atoms with Gasteiger partial charge in [-0.3, -0.25) is 9.89 Å². The van der Waals surface area contributed by atoms with Gasteiger partial charge in [0, 0.05) is 25.6 Å². The summed E-state index contributed by atoms with van der Waals surface area (Å²) in [7, 11) is 0. The Bertz CT molecular complexity index is 355. The molecule has 6 nitrogen and oxygen atoms in total. The van der Waals surface area contributed by atoms with Gasteiger partial charge < -0.3 is 10.6 Å². The molecule has 0 aromatic carbocycles. The Balaban J connectivity index is 1.99. The minimum Gasteiger partial charge on any atom is -0.333 e. The number of hydrogen-bond acceptors (Lipinski definition) is 4. The van der Waals surface area contributed by atoms with Crippen LogP contribution in [0.2, 0.25) is 0 Å². The molecule has 1 aliphatic rings. The second kappa shape index (κ2) is 3.98. The Labute approximate surface area is 87.9 Å². The molecular weight excluding hydrogens is 194 g/mol. The fourth-order valence-electron chi connectivity index (χ4n) is 1.56. The molecule has 1 aromatic heterocycles. The van der Waals surface area contributed by atoms with Crippen LogP contribution in [-0.2, 0) is 6.42 Å². The van der Waals surface area contributed by atoms with Crippen molar-refractivity contribution in [1.29, 1.82) is 0 Å². The SMILES string of the molecule is CCCc1nc(C(=O)N2CC(N)C2)n[nH]1. The number of hydrogen-bond donors (Lipinski definition) is 2. The topological polar surface area (TPSA) is 87.9 Å². The van der Waals surface area contributed by atoms with Crippen molar-refractivity contribution in [2.45, 2.75) is 25.8 Å². The summed E-state index contributed by atoms with van der Waals surface area (Å²) < 4.78 is 0. The molecule has 0 aliphatic carbocycles. The predicted octanol–water partition coefficient (Wildman–Crippen LogP) is -0.460. The van der Waals surface area contributed by atoms with Crippen molar-refractivity contribution in [2.24, 2.45) is 5.73 Å². The summed E-state index contributed by atoms with van der Waals surface area (Å²) in [6.07, 6.45) is 1.80. The number of aromatic amines is 1. The molecule has 3 N–H and O–H groups in total.